The van der Waals surface area contributed by atoms with E-state index in [2.05, 4.69) is 5.32 Å². The number of aliphatic hydroxyl groups is 1. The van der Waals surface area contributed by atoms with Gasteiger partial charge in [0.25, 0.3) is 5.91 Å². The lowest BCUT2D eigenvalue weighted by Crippen LogP contribution is -2.24. The van der Waals surface area contributed by atoms with Crippen molar-refractivity contribution in [1.29, 1.82) is 0 Å². The highest BCUT2D eigenvalue weighted by atomic mass is 19.1. The Morgan fingerprint density at radius 2 is 2.16 bits per heavy atom. The number of hydrogen-bond acceptors (Lipinski definition) is 3. The van der Waals surface area contributed by atoms with Crippen LogP contribution in [0.2, 0.25) is 0 Å². The molecule has 0 aliphatic rings. The summed E-state index contributed by atoms with van der Waals surface area (Å²) in [4.78, 5) is 11.7. The zero-order valence-corrected chi connectivity index (χ0v) is 10.2. The highest BCUT2D eigenvalue weighted by Gasteiger charge is 2.11. The van der Waals surface area contributed by atoms with Crippen LogP contribution >= 0.6 is 0 Å². The van der Waals surface area contributed by atoms with Crippen LogP contribution in [-0.4, -0.2) is 24.2 Å². The maximum atomic E-state index is 13.1. The summed E-state index contributed by atoms with van der Waals surface area (Å²) in [5.74, 6) is -0.108. The average molecular weight is 263 g/mol. The molecular weight excluding hydrogens is 249 g/mol. The predicted octanol–water partition coefficient (Wildman–Crippen LogP) is 2.20. The molecule has 1 heterocycles. The zero-order valence-electron chi connectivity index (χ0n) is 10.2. The van der Waals surface area contributed by atoms with E-state index in [4.69, 9.17) is 9.52 Å². The molecule has 1 amide bonds. The second-order valence-corrected chi connectivity index (χ2v) is 4.01. The van der Waals surface area contributed by atoms with E-state index in [0.717, 1.165) is 0 Å². The van der Waals surface area contributed by atoms with E-state index in [1.165, 1.54) is 18.2 Å². The number of amides is 1. The lowest BCUT2D eigenvalue weighted by molar-refractivity contribution is 0.0924. The van der Waals surface area contributed by atoms with Gasteiger partial charge in [-0.05, 0) is 30.7 Å². The number of furan rings is 1. The molecule has 0 unspecified atom stereocenters. The summed E-state index contributed by atoms with van der Waals surface area (Å²) in [6.07, 6.45) is 0.489. The highest BCUT2D eigenvalue weighted by molar-refractivity contribution is 5.92. The highest BCUT2D eigenvalue weighted by Crippen LogP contribution is 2.22. The number of halogens is 1. The van der Waals surface area contributed by atoms with E-state index < -0.39 is 0 Å². The molecule has 2 aromatic rings. The van der Waals surface area contributed by atoms with Gasteiger partial charge in [-0.1, -0.05) is 12.1 Å². The molecule has 5 heteroatoms. The average Bonchev–Trinajstić information content (AvgIpc) is 2.88. The minimum atomic E-state index is -0.358. The van der Waals surface area contributed by atoms with Crippen LogP contribution in [-0.2, 0) is 0 Å². The minimum absolute atomic E-state index is 0.0208. The molecule has 0 spiro atoms. The van der Waals surface area contributed by atoms with E-state index in [-0.39, 0.29) is 24.1 Å². The van der Waals surface area contributed by atoms with Gasteiger partial charge in [-0.2, -0.15) is 0 Å². The second kappa shape index (κ2) is 6.15. The molecule has 4 nitrogen and oxygen atoms in total. The van der Waals surface area contributed by atoms with E-state index in [1.54, 1.807) is 18.2 Å². The standard InChI is InChI=1S/C14H14FNO3/c15-11-4-1-3-10(9-11)12-5-6-13(19-12)14(18)16-7-2-8-17/h1,3-6,9,17H,2,7-8H2,(H,16,18). The van der Waals surface area contributed by atoms with Gasteiger partial charge < -0.3 is 14.8 Å². The molecule has 0 aliphatic heterocycles. The SMILES string of the molecule is O=C(NCCCO)c1ccc(-c2cccc(F)c2)o1. The third-order valence-electron chi connectivity index (χ3n) is 2.56. The Hall–Kier alpha value is -2.14. The number of carbonyl (C=O) groups excluding carboxylic acids is 1. The van der Waals surface area contributed by atoms with Crippen molar-refractivity contribution < 1.29 is 18.7 Å². The fourth-order valence-corrected chi connectivity index (χ4v) is 1.62. The molecule has 0 radical (unpaired) electrons. The fraction of sp³-hybridized carbons (Fsp3) is 0.214. The van der Waals surface area contributed by atoms with E-state index in [1.807, 2.05) is 0 Å². The monoisotopic (exact) mass is 263 g/mol. The van der Waals surface area contributed by atoms with Crippen molar-refractivity contribution in [2.24, 2.45) is 0 Å². The van der Waals surface area contributed by atoms with Gasteiger partial charge in [0.1, 0.15) is 11.6 Å². The number of rotatable bonds is 5. The van der Waals surface area contributed by atoms with Crippen LogP contribution in [0.25, 0.3) is 11.3 Å². The smallest absolute Gasteiger partial charge is 0.287 e. The molecule has 0 saturated carbocycles. The normalized spacial score (nSPS) is 10.4. The van der Waals surface area contributed by atoms with Crippen LogP contribution < -0.4 is 5.32 Å². The number of benzene rings is 1. The quantitative estimate of drug-likeness (QED) is 0.813. The van der Waals surface area contributed by atoms with Gasteiger partial charge in [0.05, 0.1) is 0 Å². The predicted molar refractivity (Wildman–Crippen MR) is 68.1 cm³/mol. The van der Waals surface area contributed by atoms with Gasteiger partial charge in [0.2, 0.25) is 0 Å². The van der Waals surface area contributed by atoms with Crippen LogP contribution in [0, 0.1) is 5.82 Å². The Bertz CT molecular complexity index is 565. The van der Waals surface area contributed by atoms with Crippen molar-refractivity contribution in [2.45, 2.75) is 6.42 Å². The minimum Gasteiger partial charge on any atom is -0.451 e. The summed E-state index contributed by atoms with van der Waals surface area (Å²) in [5, 5.41) is 11.2. The molecule has 0 bridgehead atoms. The number of nitrogens with one attached hydrogen (secondary N) is 1. The van der Waals surface area contributed by atoms with E-state index in [0.29, 0.717) is 24.3 Å². The first-order chi connectivity index (χ1) is 9.20. The van der Waals surface area contributed by atoms with Gasteiger partial charge in [0.15, 0.2) is 5.76 Å². The topological polar surface area (TPSA) is 62.5 Å². The van der Waals surface area contributed by atoms with Gasteiger partial charge in [0, 0.05) is 18.7 Å². The first-order valence-corrected chi connectivity index (χ1v) is 5.95. The van der Waals surface area contributed by atoms with Gasteiger partial charge in [-0.25, -0.2) is 4.39 Å². The fourth-order valence-electron chi connectivity index (χ4n) is 1.62. The van der Waals surface area contributed by atoms with Crippen molar-refractivity contribution in [3.05, 3.63) is 48.0 Å². The third-order valence-corrected chi connectivity index (χ3v) is 2.56. The Morgan fingerprint density at radius 3 is 2.89 bits per heavy atom. The van der Waals surface area contributed by atoms with Gasteiger partial charge >= 0.3 is 0 Å². The lowest BCUT2D eigenvalue weighted by atomic mass is 10.2. The first-order valence-electron chi connectivity index (χ1n) is 5.95. The van der Waals surface area contributed by atoms with Crippen LogP contribution in [0.5, 0.6) is 0 Å². The molecule has 19 heavy (non-hydrogen) atoms. The maximum Gasteiger partial charge on any atom is 0.287 e. The van der Waals surface area contributed by atoms with Crippen molar-refractivity contribution in [3.8, 4) is 11.3 Å². The molecule has 0 saturated heterocycles. The summed E-state index contributed by atoms with van der Waals surface area (Å²) in [7, 11) is 0. The molecule has 2 N–H and O–H groups in total. The molecule has 0 fully saturated rings. The number of carbonyl (C=O) groups is 1. The maximum absolute atomic E-state index is 13.1. The van der Waals surface area contributed by atoms with Crippen molar-refractivity contribution in [3.63, 3.8) is 0 Å². The summed E-state index contributed by atoms with van der Waals surface area (Å²) in [6.45, 7) is 0.401. The second-order valence-electron chi connectivity index (χ2n) is 4.01. The summed E-state index contributed by atoms with van der Waals surface area (Å²) in [6, 6.07) is 9.12. The summed E-state index contributed by atoms with van der Waals surface area (Å²) < 4.78 is 18.5. The molecule has 1 aromatic heterocycles. The molecule has 0 atom stereocenters. The summed E-state index contributed by atoms with van der Waals surface area (Å²) >= 11 is 0. The molecule has 2 rings (SSSR count). The number of aliphatic hydroxyl groups excluding tert-OH is 1. The summed E-state index contributed by atoms with van der Waals surface area (Å²) in [5.41, 5.74) is 0.578. The van der Waals surface area contributed by atoms with Crippen LogP contribution in [0.1, 0.15) is 17.0 Å². The molecular formula is C14H14FNO3. The molecule has 0 aliphatic carbocycles. The van der Waals surface area contributed by atoms with E-state index in [9.17, 15) is 9.18 Å². The first kappa shape index (κ1) is 13.3. The van der Waals surface area contributed by atoms with Crippen LogP contribution in [0.4, 0.5) is 4.39 Å². The number of hydrogen-bond donors (Lipinski definition) is 2. The van der Waals surface area contributed by atoms with Crippen molar-refractivity contribution in [2.75, 3.05) is 13.2 Å². The largest absolute Gasteiger partial charge is 0.451 e. The zero-order chi connectivity index (χ0) is 13.7. The van der Waals surface area contributed by atoms with Crippen LogP contribution in [0.3, 0.4) is 0 Å². The van der Waals surface area contributed by atoms with Gasteiger partial charge in [-0.3, -0.25) is 4.79 Å². The van der Waals surface area contributed by atoms with Crippen molar-refractivity contribution >= 4 is 5.91 Å². The van der Waals surface area contributed by atoms with E-state index >= 15 is 0 Å². The Labute approximate surface area is 109 Å². The molecule has 1 aromatic carbocycles. The molecule has 100 valence electrons. The Balaban J connectivity index is 2.08. The Kier molecular flexibility index (Phi) is 4.30. The van der Waals surface area contributed by atoms with Gasteiger partial charge in [-0.15, -0.1) is 0 Å². The van der Waals surface area contributed by atoms with Crippen LogP contribution in [0.15, 0.2) is 40.8 Å². The Morgan fingerprint density at radius 1 is 1.32 bits per heavy atom. The lowest BCUT2D eigenvalue weighted by Gasteiger charge is -2.01. The third kappa shape index (κ3) is 3.42. The van der Waals surface area contributed by atoms with Crippen molar-refractivity contribution in [1.82, 2.24) is 5.32 Å².